The van der Waals surface area contributed by atoms with E-state index in [0.717, 1.165) is 35.5 Å². The van der Waals surface area contributed by atoms with Crippen LogP contribution in [0.5, 0.6) is 0 Å². The molecule has 7 nitrogen and oxygen atoms in total. The van der Waals surface area contributed by atoms with Crippen LogP contribution in [0, 0.1) is 6.92 Å². The van der Waals surface area contributed by atoms with E-state index in [1.807, 2.05) is 18.0 Å². The van der Waals surface area contributed by atoms with Gasteiger partial charge in [0.25, 0.3) is 5.91 Å². The van der Waals surface area contributed by atoms with Crippen molar-refractivity contribution in [3.8, 4) is 0 Å². The van der Waals surface area contributed by atoms with Gasteiger partial charge in [0.05, 0.1) is 17.8 Å². The molecule has 0 aromatic carbocycles. The van der Waals surface area contributed by atoms with Crippen molar-refractivity contribution in [2.75, 3.05) is 32.7 Å². The molecule has 0 saturated carbocycles. The Hall–Kier alpha value is -2.35. The molecular formula is C17H23N5O2S. The first-order valence-corrected chi connectivity index (χ1v) is 9.26. The van der Waals surface area contributed by atoms with E-state index in [2.05, 4.69) is 22.1 Å². The second-order valence-electron chi connectivity index (χ2n) is 5.77. The van der Waals surface area contributed by atoms with Crippen LogP contribution in [0.3, 0.4) is 0 Å². The van der Waals surface area contributed by atoms with Gasteiger partial charge in [0.2, 0.25) is 0 Å². The molecule has 3 rings (SSSR count). The number of nitrogens with zero attached hydrogens (tertiary/aromatic N) is 4. The molecule has 25 heavy (non-hydrogen) atoms. The van der Waals surface area contributed by atoms with E-state index in [1.54, 1.807) is 23.5 Å². The van der Waals surface area contributed by atoms with Crippen molar-refractivity contribution in [2.24, 2.45) is 4.99 Å². The molecule has 1 fully saturated rings. The molecule has 2 aromatic rings. The van der Waals surface area contributed by atoms with Crippen molar-refractivity contribution < 1.29 is 9.21 Å². The minimum Gasteiger partial charge on any atom is -0.459 e. The Morgan fingerprint density at radius 1 is 1.36 bits per heavy atom. The topological polar surface area (TPSA) is 74.0 Å². The number of aromatic nitrogens is 1. The Morgan fingerprint density at radius 2 is 2.12 bits per heavy atom. The maximum absolute atomic E-state index is 12.3. The summed E-state index contributed by atoms with van der Waals surface area (Å²) in [4.78, 5) is 26.5. The molecule has 1 amide bonds. The van der Waals surface area contributed by atoms with Crippen LogP contribution in [-0.4, -0.2) is 59.4 Å². The summed E-state index contributed by atoms with van der Waals surface area (Å²) in [7, 11) is 0. The predicted molar refractivity (Wildman–Crippen MR) is 97.9 cm³/mol. The van der Waals surface area contributed by atoms with Crippen LogP contribution in [0.1, 0.15) is 27.4 Å². The third-order valence-electron chi connectivity index (χ3n) is 3.99. The fourth-order valence-electron chi connectivity index (χ4n) is 2.73. The Balaban J connectivity index is 1.59. The number of thiazole rings is 1. The highest BCUT2D eigenvalue weighted by atomic mass is 32.1. The maximum atomic E-state index is 12.3. The van der Waals surface area contributed by atoms with E-state index in [0.29, 0.717) is 25.4 Å². The highest BCUT2D eigenvalue weighted by molar-refractivity contribution is 7.11. The molecule has 1 saturated heterocycles. The lowest BCUT2D eigenvalue weighted by atomic mass is 10.3. The number of hydrogen-bond donors (Lipinski definition) is 1. The van der Waals surface area contributed by atoms with E-state index in [1.165, 1.54) is 6.26 Å². The van der Waals surface area contributed by atoms with Gasteiger partial charge in [0.1, 0.15) is 0 Å². The largest absolute Gasteiger partial charge is 0.459 e. The van der Waals surface area contributed by atoms with Crippen molar-refractivity contribution in [3.63, 3.8) is 0 Å². The Kier molecular flexibility index (Phi) is 5.70. The van der Waals surface area contributed by atoms with Crippen LogP contribution in [0.25, 0.3) is 0 Å². The van der Waals surface area contributed by atoms with Gasteiger partial charge in [-0.15, -0.1) is 11.3 Å². The first-order chi connectivity index (χ1) is 12.2. The summed E-state index contributed by atoms with van der Waals surface area (Å²) in [5.74, 6) is 1.24. The summed E-state index contributed by atoms with van der Waals surface area (Å²) in [6.45, 7) is 8.31. The van der Waals surface area contributed by atoms with Crippen molar-refractivity contribution in [2.45, 2.75) is 20.4 Å². The van der Waals surface area contributed by atoms with Gasteiger partial charge in [0, 0.05) is 43.8 Å². The SMILES string of the molecule is CCNC(=NCc1cnc(C)s1)N1CCN(C(=O)c2ccco2)CC1. The first-order valence-electron chi connectivity index (χ1n) is 8.44. The van der Waals surface area contributed by atoms with Crippen molar-refractivity contribution in [1.82, 2.24) is 20.1 Å². The van der Waals surface area contributed by atoms with Gasteiger partial charge in [-0.1, -0.05) is 0 Å². The third-order valence-corrected chi connectivity index (χ3v) is 4.88. The number of piperazine rings is 1. The number of carbonyl (C=O) groups excluding carboxylic acids is 1. The fraction of sp³-hybridized carbons (Fsp3) is 0.471. The van der Waals surface area contributed by atoms with Gasteiger partial charge in [-0.05, 0) is 26.0 Å². The molecule has 0 aliphatic carbocycles. The summed E-state index contributed by atoms with van der Waals surface area (Å²) < 4.78 is 5.21. The number of carbonyl (C=O) groups is 1. The molecule has 0 radical (unpaired) electrons. The molecule has 0 bridgehead atoms. The van der Waals surface area contributed by atoms with Gasteiger partial charge in [-0.3, -0.25) is 4.79 Å². The quantitative estimate of drug-likeness (QED) is 0.666. The summed E-state index contributed by atoms with van der Waals surface area (Å²) >= 11 is 1.67. The maximum Gasteiger partial charge on any atom is 0.289 e. The zero-order chi connectivity index (χ0) is 17.6. The number of guanidine groups is 1. The van der Waals surface area contributed by atoms with Crippen LogP contribution in [0.15, 0.2) is 34.0 Å². The van der Waals surface area contributed by atoms with Crippen molar-refractivity contribution in [1.29, 1.82) is 0 Å². The van der Waals surface area contributed by atoms with Gasteiger partial charge >= 0.3 is 0 Å². The van der Waals surface area contributed by atoms with Crippen LogP contribution < -0.4 is 5.32 Å². The molecule has 3 heterocycles. The number of aryl methyl sites for hydroxylation is 1. The molecule has 1 aliphatic rings. The van der Waals surface area contributed by atoms with Crippen LogP contribution >= 0.6 is 11.3 Å². The zero-order valence-electron chi connectivity index (χ0n) is 14.6. The predicted octanol–water partition coefficient (Wildman–Crippen LogP) is 1.97. The van der Waals surface area contributed by atoms with E-state index in [4.69, 9.17) is 9.41 Å². The summed E-state index contributed by atoms with van der Waals surface area (Å²) in [5, 5.41) is 4.39. The molecule has 1 N–H and O–H groups in total. The lowest BCUT2D eigenvalue weighted by molar-refractivity contribution is 0.0657. The number of hydrogen-bond acceptors (Lipinski definition) is 5. The van der Waals surface area contributed by atoms with Gasteiger partial charge < -0.3 is 19.5 Å². The number of aliphatic imine (C=N–C) groups is 1. The highest BCUT2D eigenvalue weighted by Crippen LogP contribution is 2.13. The first kappa shape index (κ1) is 17.5. The standard InChI is InChI=1S/C17H23N5O2S/c1-3-18-17(20-12-14-11-19-13(2)25-14)22-8-6-21(7-9-22)16(23)15-5-4-10-24-15/h4-5,10-11H,3,6-9,12H2,1-2H3,(H,18,20). The van der Waals surface area contributed by atoms with Crippen LogP contribution in [0.2, 0.25) is 0 Å². The molecular weight excluding hydrogens is 338 g/mol. The van der Waals surface area contributed by atoms with Gasteiger partial charge in [-0.25, -0.2) is 9.98 Å². The smallest absolute Gasteiger partial charge is 0.289 e. The van der Waals surface area contributed by atoms with E-state index in [-0.39, 0.29) is 5.91 Å². The van der Waals surface area contributed by atoms with Crippen LogP contribution in [0.4, 0.5) is 0 Å². The Morgan fingerprint density at radius 3 is 2.72 bits per heavy atom. The molecule has 134 valence electrons. The van der Waals surface area contributed by atoms with Crippen molar-refractivity contribution in [3.05, 3.63) is 40.2 Å². The number of furan rings is 1. The second-order valence-corrected chi connectivity index (χ2v) is 7.09. The second kappa shape index (κ2) is 8.15. The Bertz CT molecular complexity index is 717. The van der Waals surface area contributed by atoms with Crippen LogP contribution in [-0.2, 0) is 6.54 Å². The molecule has 0 unspecified atom stereocenters. The van der Waals surface area contributed by atoms with Crippen molar-refractivity contribution >= 4 is 23.2 Å². The molecule has 8 heteroatoms. The summed E-state index contributed by atoms with van der Waals surface area (Å²) in [6.07, 6.45) is 3.41. The zero-order valence-corrected chi connectivity index (χ0v) is 15.4. The average molecular weight is 361 g/mol. The number of rotatable bonds is 4. The average Bonchev–Trinajstić information content (AvgIpc) is 3.30. The fourth-order valence-corrected chi connectivity index (χ4v) is 3.45. The lowest BCUT2D eigenvalue weighted by Gasteiger charge is -2.36. The molecule has 1 aliphatic heterocycles. The van der Waals surface area contributed by atoms with E-state index >= 15 is 0 Å². The third kappa shape index (κ3) is 4.39. The summed E-state index contributed by atoms with van der Waals surface area (Å²) in [6, 6.07) is 3.44. The number of nitrogens with one attached hydrogen (secondary N) is 1. The van der Waals surface area contributed by atoms with E-state index in [9.17, 15) is 4.79 Å². The van der Waals surface area contributed by atoms with Gasteiger partial charge in [0.15, 0.2) is 11.7 Å². The molecule has 2 aromatic heterocycles. The van der Waals surface area contributed by atoms with Gasteiger partial charge in [-0.2, -0.15) is 0 Å². The monoisotopic (exact) mass is 361 g/mol. The highest BCUT2D eigenvalue weighted by Gasteiger charge is 2.25. The molecule has 0 spiro atoms. The van der Waals surface area contributed by atoms with E-state index < -0.39 is 0 Å². The normalized spacial score (nSPS) is 15.5. The Labute approximate surface area is 151 Å². The summed E-state index contributed by atoms with van der Waals surface area (Å²) in [5.41, 5.74) is 0. The minimum absolute atomic E-state index is 0.0493. The minimum atomic E-state index is -0.0493. The number of amides is 1. The molecule has 0 atom stereocenters. The lowest BCUT2D eigenvalue weighted by Crippen LogP contribution is -2.53.